The molecule has 5 nitrogen and oxygen atoms in total. The van der Waals surface area contributed by atoms with Crippen molar-refractivity contribution in [1.82, 2.24) is 10.2 Å². The van der Waals surface area contributed by atoms with Crippen molar-refractivity contribution in [2.45, 2.75) is 50.3 Å². The molecule has 2 aliphatic rings. The van der Waals surface area contributed by atoms with E-state index in [4.69, 9.17) is 0 Å². The number of nitrogens with zero attached hydrogens (tertiary/aromatic N) is 1. The molecule has 0 bridgehead atoms. The molecule has 1 heterocycles. The van der Waals surface area contributed by atoms with Crippen LogP contribution in [-0.2, 0) is 14.6 Å². The Morgan fingerprint density at radius 1 is 1.19 bits per heavy atom. The van der Waals surface area contributed by atoms with Crippen LogP contribution in [0.25, 0.3) is 0 Å². The molecule has 2 unspecified atom stereocenters. The zero-order valence-electron chi connectivity index (χ0n) is 13.4. The first-order valence-electron chi connectivity index (χ1n) is 7.92. The predicted molar refractivity (Wildman–Crippen MR) is 84.1 cm³/mol. The number of hydrogen-bond acceptors (Lipinski definition) is 5. The van der Waals surface area contributed by atoms with Gasteiger partial charge in [0.1, 0.15) is 9.84 Å². The number of ketones is 1. The van der Waals surface area contributed by atoms with E-state index < -0.39 is 15.4 Å². The Hall–Kier alpha value is -0.460. The zero-order valence-corrected chi connectivity index (χ0v) is 14.2. The summed E-state index contributed by atoms with van der Waals surface area (Å²) in [4.78, 5) is 15.2. The minimum Gasteiger partial charge on any atom is -0.314 e. The van der Waals surface area contributed by atoms with Gasteiger partial charge in [0.25, 0.3) is 0 Å². The summed E-state index contributed by atoms with van der Waals surface area (Å²) in [5.41, 5.74) is -0.494. The fraction of sp³-hybridized carbons (Fsp3) is 0.933. The van der Waals surface area contributed by atoms with Crippen molar-refractivity contribution in [2.75, 3.05) is 32.4 Å². The van der Waals surface area contributed by atoms with Gasteiger partial charge in [0.2, 0.25) is 0 Å². The van der Waals surface area contributed by atoms with Crippen molar-refractivity contribution >= 4 is 15.6 Å². The van der Waals surface area contributed by atoms with Gasteiger partial charge >= 0.3 is 0 Å². The van der Waals surface area contributed by atoms with E-state index in [1.165, 1.54) is 6.26 Å². The smallest absolute Gasteiger partial charge is 0.155 e. The Labute approximate surface area is 128 Å². The Kier molecular flexibility index (Phi) is 5.11. The van der Waals surface area contributed by atoms with Crippen molar-refractivity contribution in [1.29, 1.82) is 0 Å². The standard InChI is InChI=1S/C15H28N2O3S/c1-15(2,17-9-7-16-8-10-17)14(18)12-5-4-6-13(11-12)21(3,19)20/h12-13,16H,4-11H2,1-3H3. The molecule has 1 aliphatic carbocycles. The molecule has 21 heavy (non-hydrogen) atoms. The summed E-state index contributed by atoms with van der Waals surface area (Å²) in [5, 5.41) is 2.97. The number of carbonyl (C=O) groups excluding carboxylic acids is 1. The number of nitrogens with one attached hydrogen (secondary N) is 1. The first-order chi connectivity index (χ1) is 9.73. The van der Waals surface area contributed by atoms with E-state index in [2.05, 4.69) is 10.2 Å². The van der Waals surface area contributed by atoms with Crippen LogP contribution in [0.2, 0.25) is 0 Å². The van der Waals surface area contributed by atoms with Gasteiger partial charge in [0.05, 0.1) is 10.8 Å². The fourth-order valence-electron chi connectivity index (χ4n) is 3.65. The van der Waals surface area contributed by atoms with Gasteiger partial charge in [-0.2, -0.15) is 0 Å². The average molecular weight is 316 g/mol. The van der Waals surface area contributed by atoms with Gasteiger partial charge < -0.3 is 5.32 Å². The Morgan fingerprint density at radius 2 is 1.81 bits per heavy atom. The molecule has 0 spiro atoms. The van der Waals surface area contributed by atoms with Gasteiger partial charge in [-0.25, -0.2) is 8.42 Å². The molecule has 2 atom stereocenters. The van der Waals surface area contributed by atoms with Crippen molar-refractivity contribution < 1.29 is 13.2 Å². The molecule has 1 aliphatic heterocycles. The van der Waals surface area contributed by atoms with Crippen LogP contribution < -0.4 is 5.32 Å². The van der Waals surface area contributed by atoms with Crippen LogP contribution in [0.15, 0.2) is 0 Å². The van der Waals surface area contributed by atoms with E-state index in [1.54, 1.807) is 0 Å². The topological polar surface area (TPSA) is 66.5 Å². The fourth-order valence-corrected chi connectivity index (χ4v) is 4.83. The number of hydrogen-bond donors (Lipinski definition) is 1. The van der Waals surface area contributed by atoms with E-state index in [9.17, 15) is 13.2 Å². The molecule has 2 rings (SSSR count). The monoisotopic (exact) mass is 316 g/mol. The predicted octanol–water partition coefficient (Wildman–Crippen LogP) is 0.843. The van der Waals surface area contributed by atoms with Crippen LogP contribution in [-0.4, -0.2) is 62.3 Å². The molecular weight excluding hydrogens is 288 g/mol. The number of sulfone groups is 1. The van der Waals surface area contributed by atoms with Gasteiger partial charge in [-0.3, -0.25) is 9.69 Å². The highest BCUT2D eigenvalue weighted by Gasteiger charge is 2.41. The summed E-state index contributed by atoms with van der Waals surface area (Å²) in [6.45, 7) is 7.55. The summed E-state index contributed by atoms with van der Waals surface area (Å²) in [6.07, 6.45) is 4.18. The molecule has 2 fully saturated rings. The third-order valence-electron chi connectivity index (χ3n) is 5.11. The Bertz CT molecular complexity index is 481. The lowest BCUT2D eigenvalue weighted by Crippen LogP contribution is -2.58. The summed E-state index contributed by atoms with van der Waals surface area (Å²) in [6, 6.07) is 0. The molecule has 0 aromatic rings. The van der Waals surface area contributed by atoms with Crippen LogP contribution in [0.1, 0.15) is 39.5 Å². The summed E-state index contributed by atoms with van der Waals surface area (Å²) < 4.78 is 23.6. The Balaban J connectivity index is 2.07. The van der Waals surface area contributed by atoms with Crippen LogP contribution in [0.5, 0.6) is 0 Å². The van der Waals surface area contributed by atoms with Crippen molar-refractivity contribution in [3.05, 3.63) is 0 Å². The Morgan fingerprint density at radius 3 is 2.38 bits per heavy atom. The van der Waals surface area contributed by atoms with E-state index in [0.717, 1.165) is 39.0 Å². The average Bonchev–Trinajstić information content (AvgIpc) is 2.46. The second kappa shape index (κ2) is 6.34. The molecule has 1 N–H and O–H groups in total. The second-order valence-electron chi connectivity index (χ2n) is 6.98. The highest BCUT2D eigenvalue weighted by molar-refractivity contribution is 7.91. The third kappa shape index (κ3) is 3.85. The molecule has 122 valence electrons. The van der Waals surface area contributed by atoms with Crippen LogP contribution in [0.4, 0.5) is 0 Å². The number of carbonyl (C=O) groups is 1. The van der Waals surface area contributed by atoms with Crippen LogP contribution in [0, 0.1) is 5.92 Å². The van der Waals surface area contributed by atoms with Crippen molar-refractivity contribution in [3.8, 4) is 0 Å². The minimum atomic E-state index is -3.04. The largest absolute Gasteiger partial charge is 0.314 e. The molecule has 1 saturated heterocycles. The lowest BCUT2D eigenvalue weighted by molar-refractivity contribution is -0.135. The lowest BCUT2D eigenvalue weighted by Gasteiger charge is -2.42. The van der Waals surface area contributed by atoms with E-state index in [-0.39, 0.29) is 17.0 Å². The van der Waals surface area contributed by atoms with E-state index >= 15 is 0 Å². The zero-order chi connectivity index (χ0) is 15.7. The number of Topliss-reactive ketones (excluding diaryl/α,β-unsaturated/α-hetero) is 1. The van der Waals surface area contributed by atoms with Gasteiger partial charge in [-0.15, -0.1) is 0 Å². The summed E-state index contributed by atoms with van der Waals surface area (Å²) in [5.74, 6) is 0.112. The molecular formula is C15H28N2O3S. The van der Waals surface area contributed by atoms with E-state index in [1.807, 2.05) is 13.8 Å². The first kappa shape index (κ1) is 16.9. The highest BCUT2D eigenvalue weighted by atomic mass is 32.2. The lowest BCUT2D eigenvalue weighted by atomic mass is 9.78. The molecule has 0 radical (unpaired) electrons. The van der Waals surface area contributed by atoms with Gasteiger partial charge in [-0.05, 0) is 33.1 Å². The molecule has 0 aromatic heterocycles. The summed E-state index contributed by atoms with van der Waals surface area (Å²) >= 11 is 0. The molecule has 0 aromatic carbocycles. The minimum absolute atomic E-state index is 0.108. The van der Waals surface area contributed by atoms with Gasteiger partial charge in [0.15, 0.2) is 5.78 Å². The van der Waals surface area contributed by atoms with Gasteiger partial charge in [0, 0.05) is 38.4 Å². The summed E-state index contributed by atoms with van der Waals surface area (Å²) in [7, 11) is -3.04. The molecule has 6 heteroatoms. The molecule has 0 amide bonds. The third-order valence-corrected chi connectivity index (χ3v) is 6.75. The van der Waals surface area contributed by atoms with Crippen molar-refractivity contribution in [3.63, 3.8) is 0 Å². The van der Waals surface area contributed by atoms with E-state index in [0.29, 0.717) is 12.8 Å². The van der Waals surface area contributed by atoms with Crippen LogP contribution in [0.3, 0.4) is 0 Å². The maximum Gasteiger partial charge on any atom is 0.155 e. The maximum absolute atomic E-state index is 12.9. The second-order valence-corrected chi connectivity index (χ2v) is 9.30. The number of piperazine rings is 1. The first-order valence-corrected chi connectivity index (χ1v) is 9.87. The van der Waals surface area contributed by atoms with Crippen molar-refractivity contribution in [2.24, 2.45) is 5.92 Å². The van der Waals surface area contributed by atoms with Crippen LogP contribution >= 0.6 is 0 Å². The SMILES string of the molecule is CC(C)(C(=O)C1CCCC(S(C)(=O)=O)C1)N1CCNCC1. The normalized spacial score (nSPS) is 29.3. The maximum atomic E-state index is 12.9. The highest BCUT2D eigenvalue weighted by Crippen LogP contribution is 2.33. The van der Waals surface area contributed by atoms with Gasteiger partial charge in [-0.1, -0.05) is 6.42 Å². The quantitative estimate of drug-likeness (QED) is 0.832. The molecule has 1 saturated carbocycles. The number of rotatable bonds is 4.